The summed E-state index contributed by atoms with van der Waals surface area (Å²) in [5.74, 6) is 0.915. The Kier molecular flexibility index (Phi) is 4.48. The Morgan fingerprint density at radius 3 is 3.00 bits per heavy atom. The number of aromatic amines is 1. The van der Waals surface area contributed by atoms with Crippen LogP contribution in [0.2, 0.25) is 0 Å². The Balaban J connectivity index is 1.50. The molecule has 0 saturated carbocycles. The molecule has 5 heteroatoms. The second-order valence-corrected chi connectivity index (χ2v) is 6.53. The predicted molar refractivity (Wildman–Crippen MR) is 103 cm³/mol. The van der Waals surface area contributed by atoms with Crippen LogP contribution in [-0.4, -0.2) is 46.5 Å². The number of rotatable bonds is 5. The largest absolute Gasteiger partial charge is 0.370 e. The van der Waals surface area contributed by atoms with Gasteiger partial charge in [0.25, 0.3) is 0 Å². The molecule has 4 rings (SSSR count). The van der Waals surface area contributed by atoms with Gasteiger partial charge in [0, 0.05) is 49.7 Å². The van der Waals surface area contributed by atoms with Crippen LogP contribution in [-0.2, 0) is 6.42 Å². The molecule has 0 bridgehead atoms. The Morgan fingerprint density at radius 1 is 1.24 bits per heavy atom. The summed E-state index contributed by atoms with van der Waals surface area (Å²) in [6, 6.07) is 10.1. The zero-order valence-electron chi connectivity index (χ0n) is 14.5. The molecule has 0 fully saturated rings. The standard InChI is InChI=1S/C20H23N5/c1-25-12-8-15(9-13-25)17-14-23-18-5-6-19(24-20(17)18)22-11-7-16-4-2-3-10-21-16/h2-6,8,10,14,23H,7,9,11-13H2,1H3,(H,22,24). The van der Waals surface area contributed by atoms with Gasteiger partial charge in [-0.25, -0.2) is 4.98 Å². The fraction of sp³-hybridized carbons (Fsp3) is 0.300. The van der Waals surface area contributed by atoms with Crippen molar-refractivity contribution in [3.63, 3.8) is 0 Å². The average molecular weight is 333 g/mol. The number of hydrogen-bond acceptors (Lipinski definition) is 4. The lowest BCUT2D eigenvalue weighted by Crippen LogP contribution is -2.23. The molecular weight excluding hydrogens is 310 g/mol. The van der Waals surface area contributed by atoms with Crippen molar-refractivity contribution in [2.45, 2.75) is 12.8 Å². The first-order valence-corrected chi connectivity index (χ1v) is 8.79. The third kappa shape index (κ3) is 3.56. The maximum absolute atomic E-state index is 4.84. The summed E-state index contributed by atoms with van der Waals surface area (Å²) in [5, 5.41) is 3.42. The number of nitrogens with one attached hydrogen (secondary N) is 2. The van der Waals surface area contributed by atoms with E-state index in [9.17, 15) is 0 Å². The molecule has 1 aliphatic rings. The van der Waals surface area contributed by atoms with Gasteiger partial charge in [-0.1, -0.05) is 12.1 Å². The molecule has 25 heavy (non-hydrogen) atoms. The monoisotopic (exact) mass is 333 g/mol. The molecular formula is C20H23N5. The normalized spacial score (nSPS) is 15.3. The molecule has 0 atom stereocenters. The molecule has 3 aromatic rings. The molecule has 0 aliphatic carbocycles. The van der Waals surface area contributed by atoms with Gasteiger partial charge in [0.1, 0.15) is 5.82 Å². The molecule has 2 N–H and O–H groups in total. The second kappa shape index (κ2) is 7.07. The molecule has 5 nitrogen and oxygen atoms in total. The molecule has 1 aliphatic heterocycles. The van der Waals surface area contributed by atoms with Gasteiger partial charge in [0.2, 0.25) is 0 Å². The summed E-state index contributed by atoms with van der Waals surface area (Å²) in [4.78, 5) is 14.9. The van der Waals surface area contributed by atoms with Crippen LogP contribution in [0.3, 0.4) is 0 Å². The SMILES string of the molecule is CN1CC=C(c2c[nH]c3ccc(NCCc4ccccn4)nc23)CC1. The number of anilines is 1. The maximum atomic E-state index is 4.84. The van der Waals surface area contributed by atoms with Crippen LogP contribution in [0.1, 0.15) is 17.7 Å². The van der Waals surface area contributed by atoms with Gasteiger partial charge in [-0.2, -0.15) is 0 Å². The Hall–Kier alpha value is -2.66. The summed E-state index contributed by atoms with van der Waals surface area (Å²) in [6.45, 7) is 2.92. The molecule has 3 aromatic heterocycles. The van der Waals surface area contributed by atoms with Crippen LogP contribution in [0, 0.1) is 0 Å². The molecule has 0 saturated heterocycles. The van der Waals surface area contributed by atoms with E-state index in [1.807, 2.05) is 24.4 Å². The van der Waals surface area contributed by atoms with Crippen LogP contribution in [0.25, 0.3) is 16.6 Å². The van der Waals surface area contributed by atoms with Crippen LogP contribution in [0.4, 0.5) is 5.82 Å². The van der Waals surface area contributed by atoms with Crippen molar-refractivity contribution in [3.8, 4) is 0 Å². The van der Waals surface area contributed by atoms with E-state index in [0.29, 0.717) is 0 Å². The average Bonchev–Trinajstić information content (AvgIpc) is 3.07. The van der Waals surface area contributed by atoms with Crippen molar-refractivity contribution < 1.29 is 0 Å². The molecule has 0 radical (unpaired) electrons. The van der Waals surface area contributed by atoms with Gasteiger partial charge in [0.15, 0.2) is 0 Å². The lowest BCUT2D eigenvalue weighted by Gasteiger charge is -2.21. The van der Waals surface area contributed by atoms with Crippen LogP contribution >= 0.6 is 0 Å². The van der Waals surface area contributed by atoms with Crippen molar-refractivity contribution in [3.05, 3.63) is 60.1 Å². The van der Waals surface area contributed by atoms with Crippen molar-refractivity contribution in [2.75, 3.05) is 32.0 Å². The Bertz CT molecular complexity index is 881. The molecule has 0 aromatic carbocycles. The summed E-state index contributed by atoms with van der Waals surface area (Å²) in [5.41, 5.74) is 5.86. The quantitative estimate of drug-likeness (QED) is 0.752. The number of hydrogen-bond donors (Lipinski definition) is 2. The van der Waals surface area contributed by atoms with Gasteiger partial charge >= 0.3 is 0 Å². The first kappa shape index (κ1) is 15.8. The van der Waals surface area contributed by atoms with Crippen LogP contribution in [0.15, 0.2) is 48.8 Å². The van der Waals surface area contributed by atoms with E-state index >= 15 is 0 Å². The fourth-order valence-electron chi connectivity index (χ4n) is 3.22. The van der Waals surface area contributed by atoms with Crippen molar-refractivity contribution in [2.24, 2.45) is 0 Å². The zero-order chi connectivity index (χ0) is 17.1. The first-order valence-electron chi connectivity index (χ1n) is 8.79. The summed E-state index contributed by atoms with van der Waals surface area (Å²) in [7, 11) is 2.16. The van der Waals surface area contributed by atoms with Gasteiger partial charge in [0.05, 0.1) is 11.0 Å². The third-order valence-electron chi connectivity index (χ3n) is 4.69. The number of pyridine rings is 2. The number of likely N-dealkylation sites (N-methyl/N-ethyl adjacent to an activating group) is 1. The summed E-state index contributed by atoms with van der Waals surface area (Å²) in [6.07, 6.45) is 8.20. The maximum Gasteiger partial charge on any atom is 0.126 e. The van der Waals surface area contributed by atoms with Crippen LogP contribution in [0.5, 0.6) is 0 Å². The molecule has 0 amide bonds. The van der Waals surface area contributed by atoms with E-state index in [1.54, 1.807) is 0 Å². The third-order valence-corrected chi connectivity index (χ3v) is 4.69. The van der Waals surface area contributed by atoms with Gasteiger partial charge < -0.3 is 15.2 Å². The minimum Gasteiger partial charge on any atom is -0.370 e. The summed E-state index contributed by atoms with van der Waals surface area (Å²) >= 11 is 0. The number of aromatic nitrogens is 3. The number of nitrogens with zero attached hydrogens (tertiary/aromatic N) is 3. The zero-order valence-corrected chi connectivity index (χ0v) is 14.5. The van der Waals surface area contributed by atoms with E-state index < -0.39 is 0 Å². The van der Waals surface area contributed by atoms with Gasteiger partial charge in [-0.15, -0.1) is 0 Å². The van der Waals surface area contributed by atoms with E-state index in [2.05, 4.69) is 51.6 Å². The Labute approximate surface area is 147 Å². The molecule has 4 heterocycles. The van der Waals surface area contributed by atoms with Crippen molar-refractivity contribution >= 4 is 22.4 Å². The predicted octanol–water partition coefficient (Wildman–Crippen LogP) is 3.33. The van der Waals surface area contributed by atoms with E-state index in [-0.39, 0.29) is 0 Å². The topological polar surface area (TPSA) is 56.8 Å². The lowest BCUT2D eigenvalue weighted by atomic mass is 10.0. The van der Waals surface area contributed by atoms with E-state index in [4.69, 9.17) is 4.98 Å². The van der Waals surface area contributed by atoms with E-state index in [1.165, 1.54) is 11.1 Å². The fourth-order valence-corrected chi connectivity index (χ4v) is 3.22. The molecule has 0 spiro atoms. The minimum absolute atomic E-state index is 0.822. The second-order valence-electron chi connectivity index (χ2n) is 6.53. The van der Waals surface area contributed by atoms with Gasteiger partial charge in [-0.05, 0) is 43.3 Å². The summed E-state index contributed by atoms with van der Waals surface area (Å²) < 4.78 is 0. The van der Waals surface area contributed by atoms with Crippen LogP contribution < -0.4 is 5.32 Å². The Morgan fingerprint density at radius 2 is 2.20 bits per heavy atom. The van der Waals surface area contributed by atoms with E-state index in [0.717, 1.165) is 55.0 Å². The highest BCUT2D eigenvalue weighted by Gasteiger charge is 2.14. The molecule has 0 unspecified atom stereocenters. The highest BCUT2D eigenvalue weighted by Crippen LogP contribution is 2.28. The lowest BCUT2D eigenvalue weighted by molar-refractivity contribution is 0.370. The highest BCUT2D eigenvalue weighted by atomic mass is 15.1. The van der Waals surface area contributed by atoms with Crippen molar-refractivity contribution in [1.29, 1.82) is 0 Å². The number of H-pyrrole nitrogens is 1. The minimum atomic E-state index is 0.822. The molecule has 128 valence electrons. The van der Waals surface area contributed by atoms with Gasteiger partial charge in [-0.3, -0.25) is 4.98 Å². The van der Waals surface area contributed by atoms with Crippen molar-refractivity contribution in [1.82, 2.24) is 19.9 Å². The smallest absolute Gasteiger partial charge is 0.126 e. The number of fused-ring (bicyclic) bond motifs is 1. The highest BCUT2D eigenvalue weighted by molar-refractivity contribution is 5.90. The first-order chi connectivity index (χ1) is 12.3.